The summed E-state index contributed by atoms with van der Waals surface area (Å²) >= 11 is 5.70. The maximum Gasteiger partial charge on any atom is 0.231 e. The van der Waals surface area contributed by atoms with Crippen molar-refractivity contribution in [1.82, 2.24) is 0 Å². The van der Waals surface area contributed by atoms with E-state index >= 15 is 0 Å². The van der Waals surface area contributed by atoms with Gasteiger partial charge in [0.1, 0.15) is 0 Å². The van der Waals surface area contributed by atoms with Crippen molar-refractivity contribution in [2.75, 3.05) is 17.5 Å². The number of alkyl halides is 1. The highest BCUT2D eigenvalue weighted by molar-refractivity contribution is 7.90. The third-order valence-electron chi connectivity index (χ3n) is 2.49. The number of benzene rings is 1. The van der Waals surface area contributed by atoms with Crippen LogP contribution in [0.1, 0.15) is 13.8 Å². The van der Waals surface area contributed by atoms with E-state index in [9.17, 15) is 13.2 Å². The molecule has 1 amide bonds. The SMILES string of the molecule is CC(C)(CCl)C(=O)Nc1ccc(S(C)(=O)=O)cc1. The zero-order chi connectivity index (χ0) is 14.0. The van der Waals surface area contributed by atoms with E-state index in [4.69, 9.17) is 11.6 Å². The van der Waals surface area contributed by atoms with Gasteiger partial charge in [-0.25, -0.2) is 8.42 Å². The Bertz CT molecular complexity index is 535. The Balaban J connectivity index is 2.86. The summed E-state index contributed by atoms with van der Waals surface area (Å²) in [4.78, 5) is 12.1. The van der Waals surface area contributed by atoms with Crippen LogP contribution in [0, 0.1) is 5.41 Å². The van der Waals surface area contributed by atoms with E-state index in [-0.39, 0.29) is 16.7 Å². The third-order valence-corrected chi connectivity index (χ3v) is 4.29. The number of rotatable bonds is 4. The molecule has 18 heavy (non-hydrogen) atoms. The molecule has 4 nitrogen and oxygen atoms in total. The molecular weight excluding hydrogens is 274 g/mol. The number of anilines is 1. The fourth-order valence-electron chi connectivity index (χ4n) is 1.15. The van der Waals surface area contributed by atoms with E-state index < -0.39 is 15.3 Å². The first-order valence-electron chi connectivity index (χ1n) is 5.34. The minimum Gasteiger partial charge on any atom is -0.326 e. The predicted octanol–water partition coefficient (Wildman–Crippen LogP) is 2.29. The molecule has 0 aromatic heterocycles. The second-order valence-corrected chi connectivity index (χ2v) is 7.05. The summed E-state index contributed by atoms with van der Waals surface area (Å²) in [6, 6.07) is 6.02. The van der Waals surface area contributed by atoms with E-state index in [0.29, 0.717) is 5.69 Å². The van der Waals surface area contributed by atoms with Gasteiger partial charge in [0, 0.05) is 17.8 Å². The van der Waals surface area contributed by atoms with E-state index in [1.165, 1.54) is 12.1 Å². The van der Waals surface area contributed by atoms with Crippen LogP contribution in [0.4, 0.5) is 5.69 Å². The van der Waals surface area contributed by atoms with Crippen LogP contribution in [0.5, 0.6) is 0 Å². The standard InChI is InChI=1S/C12H16ClNO3S/c1-12(2,8-13)11(15)14-9-4-6-10(7-5-9)18(3,16)17/h4-7H,8H2,1-3H3,(H,14,15). The molecule has 0 spiro atoms. The molecule has 0 fully saturated rings. The van der Waals surface area contributed by atoms with Crippen molar-refractivity contribution in [3.8, 4) is 0 Å². The zero-order valence-electron chi connectivity index (χ0n) is 10.5. The van der Waals surface area contributed by atoms with Crippen molar-refractivity contribution in [3.05, 3.63) is 24.3 Å². The van der Waals surface area contributed by atoms with Crippen LogP contribution >= 0.6 is 11.6 Å². The average molecular weight is 290 g/mol. The van der Waals surface area contributed by atoms with Crippen LogP contribution in [0.2, 0.25) is 0 Å². The molecule has 100 valence electrons. The summed E-state index contributed by atoms with van der Waals surface area (Å²) in [7, 11) is -3.21. The molecule has 0 radical (unpaired) electrons. The predicted molar refractivity (Wildman–Crippen MR) is 72.7 cm³/mol. The van der Waals surface area contributed by atoms with E-state index in [2.05, 4.69) is 5.32 Å². The highest BCUT2D eigenvalue weighted by atomic mass is 35.5. The van der Waals surface area contributed by atoms with Gasteiger partial charge in [0.15, 0.2) is 9.84 Å². The molecule has 0 saturated carbocycles. The highest BCUT2D eigenvalue weighted by Gasteiger charge is 2.26. The second-order valence-electron chi connectivity index (χ2n) is 4.77. The average Bonchev–Trinajstić information content (AvgIpc) is 2.28. The van der Waals surface area contributed by atoms with Gasteiger partial charge in [-0.1, -0.05) is 0 Å². The van der Waals surface area contributed by atoms with Crippen LogP contribution in [-0.4, -0.2) is 26.5 Å². The third kappa shape index (κ3) is 3.71. The molecule has 0 unspecified atom stereocenters. The maximum atomic E-state index is 11.8. The second kappa shape index (κ2) is 5.28. The number of hydrogen-bond donors (Lipinski definition) is 1. The van der Waals surface area contributed by atoms with Gasteiger partial charge in [-0.2, -0.15) is 0 Å². The number of halogens is 1. The first-order valence-corrected chi connectivity index (χ1v) is 7.77. The molecular formula is C12H16ClNO3S. The quantitative estimate of drug-likeness (QED) is 0.865. The Kier molecular flexibility index (Phi) is 4.40. The first kappa shape index (κ1) is 15.0. The van der Waals surface area contributed by atoms with Crippen molar-refractivity contribution in [2.45, 2.75) is 18.7 Å². The molecule has 0 bridgehead atoms. The fraction of sp³-hybridized carbons (Fsp3) is 0.417. The number of sulfone groups is 1. The normalized spacial score (nSPS) is 12.2. The molecule has 6 heteroatoms. The van der Waals surface area contributed by atoms with E-state index in [1.54, 1.807) is 26.0 Å². The molecule has 1 aromatic carbocycles. The van der Waals surface area contributed by atoms with Crippen LogP contribution in [0.15, 0.2) is 29.2 Å². The molecule has 0 saturated heterocycles. The number of amides is 1. The Morgan fingerprint density at radius 3 is 2.17 bits per heavy atom. The minimum atomic E-state index is -3.21. The molecule has 0 atom stereocenters. The number of carbonyl (C=O) groups excluding carboxylic acids is 1. The van der Waals surface area contributed by atoms with Crippen molar-refractivity contribution >= 4 is 33.0 Å². The van der Waals surface area contributed by atoms with E-state index in [1.807, 2.05) is 0 Å². The van der Waals surface area contributed by atoms with Crippen LogP contribution < -0.4 is 5.32 Å². The number of carbonyl (C=O) groups is 1. The molecule has 1 aromatic rings. The Morgan fingerprint density at radius 1 is 1.28 bits per heavy atom. The Hall–Kier alpha value is -1.07. The molecule has 1 N–H and O–H groups in total. The summed E-state index contributed by atoms with van der Waals surface area (Å²) in [6.45, 7) is 3.47. The summed E-state index contributed by atoms with van der Waals surface area (Å²) in [5.41, 5.74) is -0.123. The monoisotopic (exact) mass is 289 g/mol. The summed E-state index contributed by atoms with van der Waals surface area (Å²) < 4.78 is 22.5. The van der Waals surface area contributed by atoms with Crippen LogP contribution in [0.25, 0.3) is 0 Å². The lowest BCUT2D eigenvalue weighted by molar-refractivity contribution is -0.122. The lowest BCUT2D eigenvalue weighted by Crippen LogP contribution is -2.32. The summed E-state index contributed by atoms with van der Waals surface area (Å²) in [5, 5.41) is 2.69. The van der Waals surface area contributed by atoms with Crippen LogP contribution in [0.3, 0.4) is 0 Å². The van der Waals surface area contributed by atoms with Crippen LogP contribution in [-0.2, 0) is 14.6 Å². The van der Waals surface area contributed by atoms with Gasteiger partial charge in [0.05, 0.1) is 10.3 Å². The number of nitrogens with one attached hydrogen (secondary N) is 1. The van der Waals surface area contributed by atoms with Gasteiger partial charge in [-0.05, 0) is 38.1 Å². The molecule has 0 aliphatic rings. The lowest BCUT2D eigenvalue weighted by atomic mass is 9.95. The molecule has 0 aliphatic carbocycles. The van der Waals surface area contributed by atoms with Gasteiger partial charge in [0.2, 0.25) is 5.91 Å². The summed E-state index contributed by atoms with van der Waals surface area (Å²) in [5.74, 6) is 0.00452. The topological polar surface area (TPSA) is 63.2 Å². The van der Waals surface area contributed by atoms with Crippen molar-refractivity contribution in [1.29, 1.82) is 0 Å². The van der Waals surface area contributed by atoms with E-state index in [0.717, 1.165) is 6.26 Å². The largest absolute Gasteiger partial charge is 0.326 e. The van der Waals surface area contributed by atoms with Gasteiger partial charge < -0.3 is 5.32 Å². The van der Waals surface area contributed by atoms with Gasteiger partial charge in [0.25, 0.3) is 0 Å². The minimum absolute atomic E-state index is 0.204. The molecule has 0 aliphatic heterocycles. The Morgan fingerprint density at radius 2 is 1.78 bits per heavy atom. The highest BCUT2D eigenvalue weighted by Crippen LogP contribution is 2.21. The molecule has 0 heterocycles. The summed E-state index contributed by atoms with van der Waals surface area (Å²) in [6.07, 6.45) is 1.14. The van der Waals surface area contributed by atoms with Crippen molar-refractivity contribution in [2.24, 2.45) is 5.41 Å². The van der Waals surface area contributed by atoms with Crippen molar-refractivity contribution < 1.29 is 13.2 Å². The zero-order valence-corrected chi connectivity index (χ0v) is 12.1. The van der Waals surface area contributed by atoms with Gasteiger partial charge >= 0.3 is 0 Å². The lowest BCUT2D eigenvalue weighted by Gasteiger charge is -2.20. The van der Waals surface area contributed by atoms with Crippen molar-refractivity contribution in [3.63, 3.8) is 0 Å². The Labute approximate surface area is 112 Å². The first-order chi connectivity index (χ1) is 8.16. The van der Waals surface area contributed by atoms with Gasteiger partial charge in [-0.3, -0.25) is 4.79 Å². The maximum absolute atomic E-state index is 11.8. The molecule has 1 rings (SSSR count). The number of hydrogen-bond acceptors (Lipinski definition) is 3. The van der Waals surface area contributed by atoms with Gasteiger partial charge in [-0.15, -0.1) is 11.6 Å². The fourth-order valence-corrected chi connectivity index (χ4v) is 1.90. The smallest absolute Gasteiger partial charge is 0.231 e.